The van der Waals surface area contributed by atoms with E-state index >= 15 is 0 Å². The molecule has 3 unspecified atom stereocenters. The topological polar surface area (TPSA) is 9.23 Å². The fourth-order valence-corrected chi connectivity index (χ4v) is 4.81. The van der Waals surface area contributed by atoms with Crippen LogP contribution in [0.2, 0.25) is 0 Å². The maximum absolute atomic E-state index is 6.67. The predicted octanol–water partition coefficient (Wildman–Crippen LogP) is 5.17. The van der Waals surface area contributed by atoms with Gasteiger partial charge in [0.1, 0.15) is 5.75 Å². The van der Waals surface area contributed by atoms with E-state index in [1.807, 2.05) is 19.1 Å². The quantitative estimate of drug-likeness (QED) is 0.692. The first-order chi connectivity index (χ1) is 8.72. The minimum atomic E-state index is 0.158. The molecule has 0 amide bonds. The van der Waals surface area contributed by atoms with Crippen LogP contribution in [0.3, 0.4) is 0 Å². The lowest BCUT2D eigenvalue weighted by atomic mass is 10.0. The van der Waals surface area contributed by atoms with Gasteiger partial charge in [-0.3, -0.25) is 0 Å². The number of halogens is 2. The monoisotopic (exact) mass is 328 g/mol. The molecule has 0 radical (unpaired) electrons. The fraction of sp³-hybridized carbons (Fsp3) is 0.600. The van der Waals surface area contributed by atoms with Gasteiger partial charge in [-0.2, -0.15) is 0 Å². The van der Waals surface area contributed by atoms with Crippen molar-refractivity contribution in [1.82, 2.24) is 0 Å². The van der Waals surface area contributed by atoms with Gasteiger partial charge in [-0.1, -0.05) is 28.4 Å². The van der Waals surface area contributed by atoms with Crippen molar-refractivity contribution in [3.8, 4) is 5.75 Å². The van der Waals surface area contributed by atoms with E-state index in [0.29, 0.717) is 12.5 Å². The van der Waals surface area contributed by atoms with Crippen LogP contribution in [0.15, 0.2) is 22.7 Å². The van der Waals surface area contributed by atoms with E-state index in [9.17, 15) is 0 Å². The van der Waals surface area contributed by atoms with Crippen LogP contribution in [0.1, 0.15) is 37.1 Å². The van der Waals surface area contributed by atoms with Gasteiger partial charge >= 0.3 is 0 Å². The smallest absolute Gasteiger partial charge is 0.120 e. The third-order valence-electron chi connectivity index (χ3n) is 4.39. The van der Waals surface area contributed by atoms with Crippen molar-refractivity contribution < 1.29 is 4.74 Å². The molecule has 18 heavy (non-hydrogen) atoms. The average molecular weight is 330 g/mol. The summed E-state index contributed by atoms with van der Waals surface area (Å²) in [5.74, 6) is 3.40. The number of benzene rings is 1. The molecule has 0 bridgehead atoms. The van der Waals surface area contributed by atoms with Crippen molar-refractivity contribution in [3.05, 3.63) is 28.2 Å². The van der Waals surface area contributed by atoms with Crippen molar-refractivity contribution in [2.75, 3.05) is 6.61 Å². The first-order valence-corrected chi connectivity index (χ1v) is 8.01. The Hall–Kier alpha value is -0.210. The molecule has 1 aromatic rings. The number of hydrogen-bond acceptors (Lipinski definition) is 1. The highest BCUT2D eigenvalue weighted by Gasteiger charge is 2.55. The van der Waals surface area contributed by atoms with Crippen LogP contribution in [0.5, 0.6) is 5.75 Å². The molecule has 3 rings (SSSR count). The summed E-state index contributed by atoms with van der Waals surface area (Å²) in [7, 11) is 0. The van der Waals surface area contributed by atoms with E-state index in [-0.39, 0.29) is 5.38 Å². The fourth-order valence-electron chi connectivity index (χ4n) is 3.51. The van der Waals surface area contributed by atoms with Crippen LogP contribution in [-0.4, -0.2) is 6.61 Å². The van der Waals surface area contributed by atoms with Crippen molar-refractivity contribution >= 4 is 27.5 Å². The van der Waals surface area contributed by atoms with Gasteiger partial charge in [0.05, 0.1) is 12.0 Å². The van der Waals surface area contributed by atoms with Crippen molar-refractivity contribution in [2.24, 2.45) is 17.8 Å². The van der Waals surface area contributed by atoms with Crippen LogP contribution >= 0.6 is 27.5 Å². The number of hydrogen-bond donors (Lipinski definition) is 0. The second-order valence-electron chi connectivity index (χ2n) is 5.35. The lowest BCUT2D eigenvalue weighted by Crippen LogP contribution is -2.00. The molecule has 0 N–H and O–H groups in total. The van der Waals surface area contributed by atoms with E-state index < -0.39 is 0 Å². The van der Waals surface area contributed by atoms with Crippen molar-refractivity contribution in [3.63, 3.8) is 0 Å². The molecule has 2 fully saturated rings. The van der Waals surface area contributed by atoms with E-state index in [1.54, 1.807) is 0 Å². The minimum absolute atomic E-state index is 0.158. The zero-order chi connectivity index (χ0) is 12.7. The van der Waals surface area contributed by atoms with Crippen LogP contribution in [0, 0.1) is 17.8 Å². The predicted molar refractivity (Wildman–Crippen MR) is 78.2 cm³/mol. The van der Waals surface area contributed by atoms with Crippen molar-refractivity contribution in [1.29, 1.82) is 0 Å². The molecular weight excluding hydrogens is 312 g/mol. The third kappa shape index (κ3) is 2.18. The van der Waals surface area contributed by atoms with E-state index in [0.717, 1.165) is 22.1 Å². The maximum atomic E-state index is 6.67. The third-order valence-corrected chi connectivity index (χ3v) is 5.60. The van der Waals surface area contributed by atoms with E-state index in [2.05, 4.69) is 22.0 Å². The Balaban J connectivity index is 1.76. The molecule has 2 saturated carbocycles. The molecule has 0 aromatic heterocycles. The summed E-state index contributed by atoms with van der Waals surface area (Å²) in [6.07, 6.45) is 4.17. The van der Waals surface area contributed by atoms with Crippen LogP contribution in [0.4, 0.5) is 0 Å². The number of rotatable bonds is 4. The summed E-state index contributed by atoms with van der Waals surface area (Å²) >= 11 is 10.3. The highest BCUT2D eigenvalue weighted by atomic mass is 79.9. The van der Waals surface area contributed by atoms with Gasteiger partial charge in [-0.15, -0.1) is 11.6 Å². The lowest BCUT2D eigenvalue weighted by molar-refractivity contribution is 0.340. The van der Waals surface area contributed by atoms with Crippen molar-refractivity contribution in [2.45, 2.75) is 31.6 Å². The summed E-state index contributed by atoms with van der Waals surface area (Å²) in [6.45, 7) is 2.69. The van der Waals surface area contributed by atoms with Gasteiger partial charge in [0.15, 0.2) is 0 Å². The molecule has 0 heterocycles. The van der Waals surface area contributed by atoms with Crippen LogP contribution in [-0.2, 0) is 0 Å². The molecule has 3 atom stereocenters. The van der Waals surface area contributed by atoms with E-state index in [1.165, 1.54) is 24.8 Å². The highest BCUT2D eigenvalue weighted by Crippen LogP contribution is 2.64. The maximum Gasteiger partial charge on any atom is 0.120 e. The largest absolute Gasteiger partial charge is 0.494 e. The van der Waals surface area contributed by atoms with Crippen LogP contribution < -0.4 is 4.74 Å². The Morgan fingerprint density at radius 2 is 2.11 bits per heavy atom. The minimum Gasteiger partial charge on any atom is -0.494 e. The number of alkyl halides is 1. The SMILES string of the molecule is CCOc1ccc(C(Cl)C2C3CCCC32)c(Br)c1. The second kappa shape index (κ2) is 5.05. The Morgan fingerprint density at radius 3 is 2.72 bits per heavy atom. The Labute approximate surface area is 122 Å². The van der Waals surface area contributed by atoms with Gasteiger partial charge in [0.25, 0.3) is 0 Å². The van der Waals surface area contributed by atoms with Gasteiger partial charge in [-0.05, 0) is 55.2 Å². The summed E-state index contributed by atoms with van der Waals surface area (Å²) in [5, 5.41) is 0.158. The molecule has 0 aliphatic heterocycles. The average Bonchev–Trinajstić information content (AvgIpc) is 2.82. The van der Waals surface area contributed by atoms with Gasteiger partial charge < -0.3 is 4.74 Å². The summed E-state index contributed by atoms with van der Waals surface area (Å²) < 4.78 is 6.58. The Bertz CT molecular complexity index is 438. The Morgan fingerprint density at radius 1 is 1.39 bits per heavy atom. The van der Waals surface area contributed by atoms with Gasteiger partial charge in [0, 0.05) is 4.47 Å². The molecule has 2 aliphatic rings. The molecule has 0 spiro atoms. The molecule has 0 saturated heterocycles. The number of ether oxygens (including phenoxy) is 1. The lowest BCUT2D eigenvalue weighted by Gasteiger charge is -2.15. The first kappa shape index (κ1) is 12.8. The molecule has 3 heteroatoms. The summed E-state index contributed by atoms with van der Waals surface area (Å²) in [6, 6.07) is 6.17. The summed E-state index contributed by atoms with van der Waals surface area (Å²) in [5.41, 5.74) is 1.22. The van der Waals surface area contributed by atoms with Crippen LogP contribution in [0.25, 0.3) is 0 Å². The standard InChI is InChI=1S/C15H18BrClO/c1-2-18-9-6-7-12(13(16)8-9)15(17)14-10-4-3-5-11(10)14/h6-8,10-11,14-15H,2-5H2,1H3. The Kier molecular flexibility index (Phi) is 3.59. The first-order valence-electron chi connectivity index (χ1n) is 6.78. The zero-order valence-corrected chi connectivity index (χ0v) is 12.9. The summed E-state index contributed by atoms with van der Waals surface area (Å²) in [4.78, 5) is 0. The van der Waals surface area contributed by atoms with E-state index in [4.69, 9.17) is 16.3 Å². The molecule has 2 aliphatic carbocycles. The molecular formula is C15H18BrClO. The molecule has 98 valence electrons. The van der Waals surface area contributed by atoms with Gasteiger partial charge in [0.2, 0.25) is 0 Å². The highest BCUT2D eigenvalue weighted by molar-refractivity contribution is 9.10. The second-order valence-corrected chi connectivity index (χ2v) is 6.68. The molecule has 1 aromatic carbocycles. The zero-order valence-electron chi connectivity index (χ0n) is 10.5. The number of fused-ring (bicyclic) bond motifs is 1. The molecule has 1 nitrogen and oxygen atoms in total. The normalized spacial score (nSPS) is 30.9. The van der Waals surface area contributed by atoms with Gasteiger partial charge in [-0.25, -0.2) is 0 Å².